The van der Waals surface area contributed by atoms with Crippen molar-refractivity contribution in [1.82, 2.24) is 10.2 Å². The van der Waals surface area contributed by atoms with Gasteiger partial charge in [-0.2, -0.15) is 0 Å². The highest BCUT2D eigenvalue weighted by atomic mass is 15.1. The molecule has 0 amide bonds. The third-order valence-electron chi connectivity index (χ3n) is 2.77. The van der Waals surface area contributed by atoms with Crippen molar-refractivity contribution in [3.05, 3.63) is 35.4 Å². The second kappa shape index (κ2) is 6.02. The molecule has 0 spiro atoms. The maximum atomic E-state index is 3.50. The number of nitrogens with one attached hydrogen (secondary N) is 1. The van der Waals surface area contributed by atoms with E-state index >= 15 is 0 Å². The molecule has 0 aliphatic carbocycles. The number of hydrogen-bond donors (Lipinski definition) is 1. The van der Waals surface area contributed by atoms with Crippen LogP contribution >= 0.6 is 0 Å². The smallest absolute Gasteiger partial charge is 0.0467 e. The molecule has 0 aromatic heterocycles. The van der Waals surface area contributed by atoms with Crippen LogP contribution in [-0.2, 0) is 0 Å². The van der Waals surface area contributed by atoms with E-state index < -0.39 is 0 Å². The average Bonchev–Trinajstić information content (AvgIpc) is 2.17. The summed E-state index contributed by atoms with van der Waals surface area (Å²) in [6, 6.07) is 9.74. The van der Waals surface area contributed by atoms with E-state index in [2.05, 4.69) is 69.3 Å². The highest BCUT2D eigenvalue weighted by Gasteiger charge is 2.13. The first-order valence-electron chi connectivity index (χ1n) is 5.97. The molecular weight excluding hydrogens is 196 g/mol. The van der Waals surface area contributed by atoms with E-state index in [9.17, 15) is 0 Å². The van der Waals surface area contributed by atoms with Crippen molar-refractivity contribution in [3.8, 4) is 0 Å². The van der Waals surface area contributed by atoms with Crippen molar-refractivity contribution in [2.45, 2.75) is 32.9 Å². The molecule has 0 fully saturated rings. The summed E-state index contributed by atoms with van der Waals surface area (Å²) in [6.07, 6.45) is 0. The monoisotopic (exact) mass is 220 g/mol. The molecule has 0 bridgehead atoms. The molecule has 1 N–H and O–H groups in total. The molecule has 1 aromatic carbocycles. The number of hydrogen-bond acceptors (Lipinski definition) is 2. The van der Waals surface area contributed by atoms with Crippen molar-refractivity contribution < 1.29 is 0 Å². The largest absolute Gasteiger partial charge is 0.313 e. The van der Waals surface area contributed by atoms with Gasteiger partial charge in [0.05, 0.1) is 0 Å². The Bertz CT molecular complexity index is 318. The highest BCUT2D eigenvalue weighted by Crippen LogP contribution is 2.18. The van der Waals surface area contributed by atoms with Gasteiger partial charge in [0.1, 0.15) is 0 Å². The van der Waals surface area contributed by atoms with Crippen molar-refractivity contribution in [3.63, 3.8) is 0 Å². The lowest BCUT2D eigenvalue weighted by Gasteiger charge is -2.26. The van der Waals surface area contributed by atoms with Crippen molar-refractivity contribution in [2.24, 2.45) is 0 Å². The number of benzene rings is 1. The molecule has 1 atom stereocenters. The molecule has 0 aliphatic heterocycles. The lowest BCUT2D eigenvalue weighted by molar-refractivity contribution is 0.283. The standard InChI is InChI=1S/C14H24N2/c1-11(2)15-10-14(16(4)5)13-8-6-7-12(3)9-13/h6-9,11,14-15H,10H2,1-5H3. The molecule has 1 unspecified atom stereocenters. The van der Waals surface area contributed by atoms with Gasteiger partial charge in [0, 0.05) is 18.6 Å². The van der Waals surface area contributed by atoms with E-state index in [1.807, 2.05) is 0 Å². The van der Waals surface area contributed by atoms with Crippen LogP contribution < -0.4 is 5.32 Å². The zero-order valence-corrected chi connectivity index (χ0v) is 11.1. The van der Waals surface area contributed by atoms with Gasteiger partial charge in [0.15, 0.2) is 0 Å². The van der Waals surface area contributed by atoms with Gasteiger partial charge in [-0.3, -0.25) is 0 Å². The molecule has 16 heavy (non-hydrogen) atoms. The first-order valence-corrected chi connectivity index (χ1v) is 5.97. The Labute approximate surface area is 99.7 Å². The van der Waals surface area contributed by atoms with Crippen molar-refractivity contribution in [2.75, 3.05) is 20.6 Å². The third-order valence-corrected chi connectivity index (χ3v) is 2.77. The predicted molar refractivity (Wildman–Crippen MR) is 70.7 cm³/mol. The maximum absolute atomic E-state index is 3.50. The van der Waals surface area contributed by atoms with E-state index in [0.717, 1.165) is 6.54 Å². The van der Waals surface area contributed by atoms with Gasteiger partial charge in [0.2, 0.25) is 0 Å². The van der Waals surface area contributed by atoms with Crippen LogP contribution in [0, 0.1) is 6.92 Å². The Morgan fingerprint density at radius 3 is 2.44 bits per heavy atom. The number of aryl methyl sites for hydroxylation is 1. The van der Waals surface area contributed by atoms with Crippen LogP contribution in [0.3, 0.4) is 0 Å². The first kappa shape index (κ1) is 13.2. The van der Waals surface area contributed by atoms with E-state index in [1.54, 1.807) is 0 Å². The zero-order valence-electron chi connectivity index (χ0n) is 11.1. The lowest BCUT2D eigenvalue weighted by atomic mass is 10.0. The van der Waals surface area contributed by atoms with Gasteiger partial charge in [0.25, 0.3) is 0 Å². The highest BCUT2D eigenvalue weighted by molar-refractivity contribution is 5.25. The average molecular weight is 220 g/mol. The Morgan fingerprint density at radius 1 is 1.25 bits per heavy atom. The minimum atomic E-state index is 0.447. The van der Waals surface area contributed by atoms with E-state index in [-0.39, 0.29) is 0 Å². The summed E-state index contributed by atoms with van der Waals surface area (Å²) < 4.78 is 0. The lowest BCUT2D eigenvalue weighted by Crippen LogP contribution is -2.34. The summed E-state index contributed by atoms with van der Waals surface area (Å²) in [5.41, 5.74) is 2.71. The van der Waals surface area contributed by atoms with Gasteiger partial charge < -0.3 is 10.2 Å². The summed E-state index contributed by atoms with van der Waals surface area (Å²) in [4.78, 5) is 2.27. The van der Waals surface area contributed by atoms with Gasteiger partial charge in [-0.25, -0.2) is 0 Å². The summed E-state index contributed by atoms with van der Waals surface area (Å²) in [7, 11) is 4.27. The van der Waals surface area contributed by atoms with Gasteiger partial charge in [-0.1, -0.05) is 43.7 Å². The molecule has 0 heterocycles. The van der Waals surface area contributed by atoms with Gasteiger partial charge >= 0.3 is 0 Å². The van der Waals surface area contributed by atoms with Crippen LogP contribution in [0.5, 0.6) is 0 Å². The Morgan fingerprint density at radius 2 is 1.94 bits per heavy atom. The second-order valence-corrected chi connectivity index (χ2v) is 4.96. The fraction of sp³-hybridized carbons (Fsp3) is 0.571. The summed E-state index contributed by atoms with van der Waals surface area (Å²) in [5, 5.41) is 3.50. The van der Waals surface area contributed by atoms with Crippen LogP contribution in [0.25, 0.3) is 0 Å². The van der Waals surface area contributed by atoms with E-state index in [1.165, 1.54) is 11.1 Å². The molecule has 90 valence electrons. The van der Waals surface area contributed by atoms with Crippen LogP contribution in [0.15, 0.2) is 24.3 Å². The van der Waals surface area contributed by atoms with Crippen molar-refractivity contribution >= 4 is 0 Å². The minimum Gasteiger partial charge on any atom is -0.313 e. The molecular formula is C14H24N2. The summed E-state index contributed by atoms with van der Waals surface area (Å²) in [5.74, 6) is 0. The number of likely N-dealkylation sites (N-methyl/N-ethyl adjacent to an activating group) is 1. The normalized spacial score (nSPS) is 13.4. The van der Waals surface area contributed by atoms with Gasteiger partial charge in [-0.05, 0) is 26.6 Å². The molecule has 0 saturated carbocycles. The van der Waals surface area contributed by atoms with Gasteiger partial charge in [-0.15, -0.1) is 0 Å². The molecule has 0 radical (unpaired) electrons. The molecule has 2 nitrogen and oxygen atoms in total. The number of nitrogens with zero attached hydrogens (tertiary/aromatic N) is 1. The molecule has 1 aromatic rings. The van der Waals surface area contributed by atoms with Crippen molar-refractivity contribution in [1.29, 1.82) is 0 Å². The van der Waals surface area contributed by atoms with E-state index in [0.29, 0.717) is 12.1 Å². The fourth-order valence-corrected chi connectivity index (χ4v) is 1.82. The fourth-order valence-electron chi connectivity index (χ4n) is 1.82. The van der Waals surface area contributed by atoms with Crippen LogP contribution in [0.2, 0.25) is 0 Å². The Kier molecular flexibility index (Phi) is 4.97. The SMILES string of the molecule is Cc1cccc(C(CNC(C)C)N(C)C)c1. The summed E-state index contributed by atoms with van der Waals surface area (Å²) >= 11 is 0. The minimum absolute atomic E-state index is 0.447. The quantitative estimate of drug-likeness (QED) is 0.820. The van der Waals surface area contributed by atoms with Crippen LogP contribution in [0.1, 0.15) is 31.0 Å². The van der Waals surface area contributed by atoms with Crippen LogP contribution in [0.4, 0.5) is 0 Å². The second-order valence-electron chi connectivity index (χ2n) is 4.96. The molecule has 2 heteroatoms. The Balaban J connectivity index is 2.77. The maximum Gasteiger partial charge on any atom is 0.0467 e. The predicted octanol–water partition coefficient (Wildman–Crippen LogP) is 2.60. The molecule has 0 saturated heterocycles. The van der Waals surface area contributed by atoms with E-state index in [4.69, 9.17) is 0 Å². The van der Waals surface area contributed by atoms with Crippen LogP contribution in [-0.4, -0.2) is 31.6 Å². The summed E-state index contributed by atoms with van der Waals surface area (Å²) in [6.45, 7) is 7.51. The molecule has 1 rings (SSSR count). The topological polar surface area (TPSA) is 15.3 Å². The molecule has 0 aliphatic rings. The third kappa shape index (κ3) is 3.95. The number of rotatable bonds is 5. The first-order chi connectivity index (χ1) is 7.50. The zero-order chi connectivity index (χ0) is 12.1. The Hall–Kier alpha value is -0.860.